The van der Waals surface area contributed by atoms with Gasteiger partial charge in [-0.3, -0.25) is 0 Å². The highest BCUT2D eigenvalue weighted by Crippen LogP contribution is 2.79. The molecule has 4 rings (SSSR count). The molecular weight excluding hydrogens is 529 g/mol. The lowest BCUT2D eigenvalue weighted by Gasteiger charge is -2.53. The maximum absolute atomic E-state index is 12.0. The van der Waals surface area contributed by atoms with Crippen LogP contribution in [0.1, 0.15) is 48.0 Å². The fourth-order valence-corrected chi connectivity index (χ4v) is 20.5. The molecular formula is C29H50O6Si3. The van der Waals surface area contributed by atoms with Crippen molar-refractivity contribution in [3.8, 4) is 0 Å². The minimum atomic E-state index is -2.33. The van der Waals surface area contributed by atoms with Crippen LogP contribution in [0, 0.1) is 23.7 Å². The van der Waals surface area contributed by atoms with Crippen LogP contribution in [0.15, 0.2) is 24.3 Å². The molecule has 5 atom stereocenters. The predicted octanol–water partition coefficient (Wildman–Crippen LogP) is 6.40. The van der Waals surface area contributed by atoms with Gasteiger partial charge in [0, 0.05) is 40.0 Å². The first-order chi connectivity index (χ1) is 17.1. The van der Waals surface area contributed by atoms with E-state index < -0.39 is 24.7 Å². The third kappa shape index (κ3) is 4.78. The van der Waals surface area contributed by atoms with E-state index in [0.717, 1.165) is 6.42 Å². The summed E-state index contributed by atoms with van der Waals surface area (Å²) in [4.78, 5) is 23.9. The first kappa shape index (κ1) is 30.0. The van der Waals surface area contributed by atoms with Crippen LogP contribution >= 0.6 is 0 Å². The van der Waals surface area contributed by atoms with Crippen molar-refractivity contribution in [2.45, 2.75) is 121 Å². The maximum atomic E-state index is 12.0. The van der Waals surface area contributed by atoms with Crippen molar-refractivity contribution in [3.05, 3.63) is 24.3 Å². The smallest absolute Gasteiger partial charge is 0.333 e. The van der Waals surface area contributed by atoms with Crippen LogP contribution in [-0.4, -0.2) is 59.3 Å². The van der Waals surface area contributed by atoms with E-state index in [1.165, 1.54) is 0 Å². The lowest BCUT2D eigenvalue weighted by molar-refractivity contribution is -0.142. The van der Waals surface area contributed by atoms with Crippen LogP contribution in [0.25, 0.3) is 0 Å². The van der Waals surface area contributed by atoms with Gasteiger partial charge in [0.05, 0.1) is 13.3 Å². The van der Waals surface area contributed by atoms with Gasteiger partial charge >= 0.3 is 11.9 Å². The molecule has 214 valence electrons. The van der Waals surface area contributed by atoms with E-state index in [-0.39, 0.29) is 34.6 Å². The van der Waals surface area contributed by atoms with Crippen LogP contribution in [0.5, 0.6) is 0 Å². The number of esters is 2. The summed E-state index contributed by atoms with van der Waals surface area (Å²) in [5.41, 5.74) is 2.10. The minimum absolute atomic E-state index is 0.0585. The van der Waals surface area contributed by atoms with E-state index in [0.29, 0.717) is 45.9 Å². The third-order valence-corrected chi connectivity index (χ3v) is 24.2. The van der Waals surface area contributed by atoms with Gasteiger partial charge in [0.2, 0.25) is 8.32 Å². The second-order valence-electron chi connectivity index (χ2n) is 14.8. The standard InChI is InChI=1S/C29H50O6Si3/c1-15-29(8,35-37(11,12)25-20-21(25)23(20)33-27(31)17(4)5)38(13,14)34-28(6,7)36(9,10)24-18-19(24)22(18)32-26(30)16(2)3/h18-25H,2,4,15H2,1,3,5-14H3. The number of rotatable bonds is 13. The molecule has 0 radical (unpaired) electrons. The Hall–Kier alpha value is -1.01. The summed E-state index contributed by atoms with van der Waals surface area (Å²) in [6.07, 6.45) is 1.05. The summed E-state index contributed by atoms with van der Waals surface area (Å²) in [6.45, 7) is 34.1. The molecule has 6 nitrogen and oxygen atoms in total. The number of ether oxygens (including phenoxy) is 2. The molecule has 0 saturated heterocycles. The van der Waals surface area contributed by atoms with Crippen molar-refractivity contribution in [1.29, 1.82) is 0 Å². The van der Waals surface area contributed by atoms with Crippen molar-refractivity contribution in [1.82, 2.24) is 0 Å². The Morgan fingerprint density at radius 2 is 1.13 bits per heavy atom. The molecule has 0 heterocycles. The lowest BCUT2D eigenvalue weighted by Crippen LogP contribution is -2.67. The zero-order valence-corrected chi connectivity index (χ0v) is 28.7. The Morgan fingerprint density at radius 1 is 0.737 bits per heavy atom. The van der Waals surface area contributed by atoms with Crippen LogP contribution in [0.2, 0.25) is 50.4 Å². The van der Waals surface area contributed by atoms with Crippen LogP contribution < -0.4 is 0 Å². The second-order valence-corrected chi connectivity index (χ2v) is 28.5. The number of hydrogen-bond donors (Lipinski definition) is 0. The van der Waals surface area contributed by atoms with Crippen LogP contribution in [0.3, 0.4) is 0 Å². The number of hydrogen-bond acceptors (Lipinski definition) is 6. The van der Waals surface area contributed by atoms with Crippen molar-refractivity contribution < 1.29 is 27.9 Å². The van der Waals surface area contributed by atoms with E-state index in [9.17, 15) is 9.59 Å². The van der Waals surface area contributed by atoms with Gasteiger partial charge in [-0.15, -0.1) is 0 Å². The quantitative estimate of drug-likeness (QED) is 0.143. The number of fused-ring (bicyclic) bond motifs is 2. The van der Waals surface area contributed by atoms with Gasteiger partial charge in [-0.2, -0.15) is 0 Å². The van der Waals surface area contributed by atoms with Gasteiger partial charge in [-0.05, 0) is 78.3 Å². The molecule has 0 aliphatic heterocycles. The highest BCUT2D eigenvalue weighted by molar-refractivity contribution is 6.84. The van der Waals surface area contributed by atoms with E-state index in [2.05, 4.69) is 80.1 Å². The molecule has 0 aromatic carbocycles. The molecule has 0 aromatic heterocycles. The Bertz CT molecular complexity index is 1040. The fraction of sp³-hybridized carbons (Fsp3) is 0.793. The molecule has 0 spiro atoms. The molecule has 5 unspecified atom stereocenters. The predicted molar refractivity (Wildman–Crippen MR) is 158 cm³/mol. The summed E-state index contributed by atoms with van der Waals surface area (Å²) < 4.78 is 25.7. The monoisotopic (exact) mass is 578 g/mol. The minimum Gasteiger partial charge on any atom is -0.458 e. The van der Waals surface area contributed by atoms with Gasteiger partial charge in [-0.1, -0.05) is 33.2 Å². The maximum Gasteiger partial charge on any atom is 0.333 e. The lowest BCUT2D eigenvalue weighted by atomic mass is 10.3. The molecule has 4 saturated carbocycles. The van der Waals surface area contributed by atoms with Crippen molar-refractivity contribution in [2.75, 3.05) is 0 Å². The Balaban J connectivity index is 1.37. The average Bonchev–Trinajstić information content (AvgIpc) is 3.60. The Morgan fingerprint density at radius 3 is 1.50 bits per heavy atom. The summed E-state index contributed by atoms with van der Waals surface area (Å²) in [5.74, 6) is 1.39. The van der Waals surface area contributed by atoms with Crippen molar-refractivity contribution in [2.24, 2.45) is 23.7 Å². The molecule has 0 N–H and O–H groups in total. The molecule has 0 amide bonds. The average molecular weight is 579 g/mol. The summed E-state index contributed by atoms with van der Waals surface area (Å²) in [5, 5.41) is -0.534. The second kappa shape index (κ2) is 9.00. The van der Waals surface area contributed by atoms with E-state index >= 15 is 0 Å². The molecule has 4 fully saturated rings. The summed E-state index contributed by atoms with van der Waals surface area (Å²) in [7, 11) is -6.21. The van der Waals surface area contributed by atoms with E-state index in [1.54, 1.807) is 13.8 Å². The van der Waals surface area contributed by atoms with Gasteiger partial charge in [0.25, 0.3) is 0 Å². The first-order valence-corrected chi connectivity index (χ1v) is 23.3. The molecule has 0 bridgehead atoms. The van der Waals surface area contributed by atoms with Gasteiger partial charge in [0.15, 0.2) is 8.32 Å². The highest BCUT2D eigenvalue weighted by atomic mass is 28.4. The van der Waals surface area contributed by atoms with Crippen molar-refractivity contribution >= 4 is 36.6 Å². The molecule has 0 aromatic rings. The number of carbonyl (C=O) groups is 2. The van der Waals surface area contributed by atoms with E-state index in [1.807, 2.05) is 0 Å². The normalized spacial score (nSPS) is 34.7. The fourth-order valence-electron chi connectivity index (χ4n) is 7.10. The first-order valence-electron chi connectivity index (χ1n) is 14.3. The zero-order valence-electron chi connectivity index (χ0n) is 25.7. The summed E-state index contributed by atoms with van der Waals surface area (Å²) >= 11 is 0. The zero-order chi connectivity index (χ0) is 29.0. The highest BCUT2D eigenvalue weighted by Gasteiger charge is 2.82. The van der Waals surface area contributed by atoms with E-state index in [4.69, 9.17) is 18.3 Å². The largest absolute Gasteiger partial charge is 0.458 e. The molecule has 9 heteroatoms. The van der Waals surface area contributed by atoms with Crippen molar-refractivity contribution in [3.63, 3.8) is 0 Å². The molecule has 4 aliphatic carbocycles. The van der Waals surface area contributed by atoms with Gasteiger partial charge < -0.3 is 18.3 Å². The van der Waals surface area contributed by atoms with Crippen LogP contribution in [0.4, 0.5) is 0 Å². The Kier molecular flexibility index (Phi) is 7.09. The van der Waals surface area contributed by atoms with Gasteiger partial charge in [0.1, 0.15) is 12.2 Å². The van der Waals surface area contributed by atoms with Crippen LogP contribution in [-0.2, 0) is 27.9 Å². The Labute approximate surface area is 233 Å². The number of carbonyl (C=O) groups excluding carboxylic acids is 2. The topological polar surface area (TPSA) is 71.1 Å². The molecule has 38 heavy (non-hydrogen) atoms. The molecule has 4 aliphatic rings. The third-order valence-electron chi connectivity index (χ3n) is 10.8. The summed E-state index contributed by atoms with van der Waals surface area (Å²) in [6, 6.07) is 0. The van der Waals surface area contributed by atoms with Gasteiger partial charge in [-0.25, -0.2) is 9.59 Å². The SMILES string of the molecule is C=C(C)C(=O)OC1C2C1C2[Si](C)(C)OC(C)(CC)[Si](C)(C)OC(C)(C)[Si](C)(C)C1C2C(OC(=O)C(=C)C)C21.